The predicted octanol–water partition coefficient (Wildman–Crippen LogP) is 1.88. The van der Waals surface area contributed by atoms with E-state index in [1.807, 2.05) is 17.0 Å². The summed E-state index contributed by atoms with van der Waals surface area (Å²) in [5.74, 6) is 0.0464. The highest BCUT2D eigenvalue weighted by atomic mass is 16.2. The van der Waals surface area contributed by atoms with Crippen LogP contribution < -0.4 is 5.32 Å². The van der Waals surface area contributed by atoms with Crippen molar-refractivity contribution in [1.82, 2.24) is 15.2 Å². The number of amides is 2. The second-order valence-electron chi connectivity index (χ2n) is 5.54. The van der Waals surface area contributed by atoms with Crippen molar-refractivity contribution in [3.8, 4) is 0 Å². The first-order chi connectivity index (χ1) is 10.2. The van der Waals surface area contributed by atoms with Crippen LogP contribution in [0.2, 0.25) is 0 Å². The standard InChI is InChI=1S/C16H23N3O2/c1-13(20)19(15-6-2-3-7-15)10-8-16(21)18-12-14-5-4-9-17-11-14/h4-5,9,11,15H,2-3,6-8,10,12H2,1H3,(H,18,21). The van der Waals surface area contributed by atoms with E-state index in [1.54, 1.807) is 19.3 Å². The van der Waals surface area contributed by atoms with Gasteiger partial charge in [-0.3, -0.25) is 14.6 Å². The number of hydrogen-bond donors (Lipinski definition) is 1. The third-order valence-corrected chi connectivity index (χ3v) is 3.96. The summed E-state index contributed by atoms with van der Waals surface area (Å²) < 4.78 is 0. The SMILES string of the molecule is CC(=O)N(CCC(=O)NCc1cccnc1)C1CCCC1. The van der Waals surface area contributed by atoms with E-state index in [1.165, 1.54) is 12.8 Å². The molecule has 1 aliphatic carbocycles. The van der Waals surface area contributed by atoms with Crippen LogP contribution in [-0.4, -0.2) is 34.3 Å². The summed E-state index contributed by atoms with van der Waals surface area (Å²) in [5.41, 5.74) is 0.977. The molecule has 0 spiro atoms. The molecule has 0 radical (unpaired) electrons. The average molecular weight is 289 g/mol. The van der Waals surface area contributed by atoms with Crippen molar-refractivity contribution in [3.63, 3.8) is 0 Å². The molecular formula is C16H23N3O2. The van der Waals surface area contributed by atoms with Crippen LogP contribution in [0.4, 0.5) is 0 Å². The summed E-state index contributed by atoms with van der Waals surface area (Å²) in [6.45, 7) is 2.58. The number of pyridine rings is 1. The normalized spacial score (nSPS) is 14.9. The fraction of sp³-hybridized carbons (Fsp3) is 0.562. The predicted molar refractivity (Wildman–Crippen MR) is 80.3 cm³/mol. The fourth-order valence-corrected chi connectivity index (χ4v) is 2.83. The summed E-state index contributed by atoms with van der Waals surface area (Å²) >= 11 is 0. The summed E-state index contributed by atoms with van der Waals surface area (Å²) in [6.07, 6.45) is 8.30. The van der Waals surface area contributed by atoms with Gasteiger partial charge in [0, 0.05) is 44.9 Å². The van der Waals surface area contributed by atoms with Gasteiger partial charge in [-0.25, -0.2) is 0 Å². The largest absolute Gasteiger partial charge is 0.352 e. The van der Waals surface area contributed by atoms with Crippen LogP contribution in [0, 0.1) is 0 Å². The molecule has 1 aromatic heterocycles. The summed E-state index contributed by atoms with van der Waals surface area (Å²) in [5, 5.41) is 2.87. The van der Waals surface area contributed by atoms with Gasteiger partial charge in [0.2, 0.25) is 11.8 Å². The van der Waals surface area contributed by atoms with Gasteiger partial charge < -0.3 is 10.2 Å². The molecule has 21 heavy (non-hydrogen) atoms. The lowest BCUT2D eigenvalue weighted by Crippen LogP contribution is -2.39. The Bertz CT molecular complexity index is 470. The molecule has 1 heterocycles. The van der Waals surface area contributed by atoms with E-state index in [0.29, 0.717) is 25.6 Å². The van der Waals surface area contributed by atoms with E-state index in [0.717, 1.165) is 18.4 Å². The molecule has 0 aliphatic heterocycles. The first-order valence-electron chi connectivity index (χ1n) is 7.59. The van der Waals surface area contributed by atoms with Crippen LogP contribution in [-0.2, 0) is 16.1 Å². The molecule has 1 aliphatic rings. The van der Waals surface area contributed by atoms with Gasteiger partial charge >= 0.3 is 0 Å². The van der Waals surface area contributed by atoms with Gasteiger partial charge in [0.05, 0.1) is 0 Å². The Labute approximate surface area is 125 Å². The Balaban J connectivity index is 1.75. The van der Waals surface area contributed by atoms with Gasteiger partial charge in [0.15, 0.2) is 0 Å². The van der Waals surface area contributed by atoms with E-state index in [9.17, 15) is 9.59 Å². The third kappa shape index (κ3) is 4.85. The molecule has 2 rings (SSSR count). The molecule has 0 bridgehead atoms. The molecule has 1 aromatic rings. The van der Waals surface area contributed by atoms with Crippen molar-refractivity contribution in [2.45, 2.75) is 51.6 Å². The Kier molecular flexibility index (Phi) is 5.72. The van der Waals surface area contributed by atoms with E-state index in [2.05, 4.69) is 10.3 Å². The first-order valence-corrected chi connectivity index (χ1v) is 7.59. The molecule has 5 nitrogen and oxygen atoms in total. The second kappa shape index (κ2) is 7.76. The van der Waals surface area contributed by atoms with Crippen LogP contribution in [0.15, 0.2) is 24.5 Å². The molecule has 0 atom stereocenters. The highest BCUT2D eigenvalue weighted by Gasteiger charge is 2.24. The maximum atomic E-state index is 11.9. The number of nitrogens with one attached hydrogen (secondary N) is 1. The Morgan fingerprint density at radius 2 is 2.14 bits per heavy atom. The quantitative estimate of drug-likeness (QED) is 0.869. The number of nitrogens with zero attached hydrogens (tertiary/aromatic N) is 2. The van der Waals surface area contributed by atoms with E-state index < -0.39 is 0 Å². The molecule has 0 saturated heterocycles. The molecule has 1 fully saturated rings. The van der Waals surface area contributed by atoms with Crippen LogP contribution >= 0.6 is 0 Å². The molecule has 0 aromatic carbocycles. The van der Waals surface area contributed by atoms with Crippen molar-refractivity contribution >= 4 is 11.8 Å². The van der Waals surface area contributed by atoms with Crippen molar-refractivity contribution < 1.29 is 9.59 Å². The smallest absolute Gasteiger partial charge is 0.222 e. The minimum Gasteiger partial charge on any atom is -0.352 e. The lowest BCUT2D eigenvalue weighted by Gasteiger charge is -2.27. The van der Waals surface area contributed by atoms with Gasteiger partial charge in [-0.2, -0.15) is 0 Å². The molecule has 0 unspecified atom stereocenters. The molecule has 114 valence electrons. The zero-order valence-corrected chi connectivity index (χ0v) is 12.5. The third-order valence-electron chi connectivity index (χ3n) is 3.96. The number of carbonyl (C=O) groups is 2. The summed E-state index contributed by atoms with van der Waals surface area (Å²) in [6, 6.07) is 4.10. The van der Waals surface area contributed by atoms with E-state index in [-0.39, 0.29) is 11.8 Å². The van der Waals surface area contributed by atoms with Gasteiger partial charge in [-0.15, -0.1) is 0 Å². The van der Waals surface area contributed by atoms with Crippen molar-refractivity contribution in [1.29, 1.82) is 0 Å². The van der Waals surface area contributed by atoms with Crippen LogP contribution in [0.5, 0.6) is 0 Å². The van der Waals surface area contributed by atoms with Crippen LogP contribution in [0.1, 0.15) is 44.6 Å². The Morgan fingerprint density at radius 1 is 1.38 bits per heavy atom. The highest BCUT2D eigenvalue weighted by Crippen LogP contribution is 2.23. The number of rotatable bonds is 6. The molecule has 5 heteroatoms. The number of aromatic nitrogens is 1. The maximum Gasteiger partial charge on any atom is 0.222 e. The van der Waals surface area contributed by atoms with Crippen LogP contribution in [0.3, 0.4) is 0 Å². The minimum atomic E-state index is -0.0249. The first kappa shape index (κ1) is 15.5. The lowest BCUT2D eigenvalue weighted by atomic mass is 10.2. The summed E-state index contributed by atoms with van der Waals surface area (Å²) in [4.78, 5) is 29.5. The number of hydrogen-bond acceptors (Lipinski definition) is 3. The zero-order valence-electron chi connectivity index (χ0n) is 12.5. The van der Waals surface area contributed by atoms with Crippen molar-refractivity contribution in [2.24, 2.45) is 0 Å². The van der Waals surface area contributed by atoms with Crippen molar-refractivity contribution in [2.75, 3.05) is 6.54 Å². The fourth-order valence-electron chi connectivity index (χ4n) is 2.83. The molecule has 2 amide bonds. The highest BCUT2D eigenvalue weighted by molar-refractivity contribution is 5.78. The monoisotopic (exact) mass is 289 g/mol. The average Bonchev–Trinajstić information content (AvgIpc) is 3.00. The zero-order chi connectivity index (χ0) is 15.1. The topological polar surface area (TPSA) is 62.3 Å². The molecule has 1 N–H and O–H groups in total. The summed E-state index contributed by atoms with van der Waals surface area (Å²) in [7, 11) is 0. The lowest BCUT2D eigenvalue weighted by molar-refractivity contribution is -0.131. The van der Waals surface area contributed by atoms with E-state index in [4.69, 9.17) is 0 Å². The maximum absolute atomic E-state index is 11.9. The van der Waals surface area contributed by atoms with Crippen molar-refractivity contribution in [3.05, 3.63) is 30.1 Å². The van der Waals surface area contributed by atoms with Gasteiger partial charge in [0.1, 0.15) is 0 Å². The van der Waals surface area contributed by atoms with E-state index >= 15 is 0 Å². The molecule has 1 saturated carbocycles. The second-order valence-corrected chi connectivity index (χ2v) is 5.54. The minimum absolute atomic E-state index is 0.0249. The van der Waals surface area contributed by atoms with Gasteiger partial charge in [0.25, 0.3) is 0 Å². The number of carbonyl (C=O) groups excluding carboxylic acids is 2. The molecular weight excluding hydrogens is 266 g/mol. The van der Waals surface area contributed by atoms with Gasteiger partial charge in [-0.05, 0) is 24.5 Å². The Hall–Kier alpha value is -1.91. The van der Waals surface area contributed by atoms with Crippen LogP contribution in [0.25, 0.3) is 0 Å². The Morgan fingerprint density at radius 3 is 2.76 bits per heavy atom. The van der Waals surface area contributed by atoms with Gasteiger partial charge in [-0.1, -0.05) is 18.9 Å².